The number of nitrogens with one attached hydrogen (secondary N) is 1. The van der Waals surface area contributed by atoms with Gasteiger partial charge in [0.15, 0.2) is 6.19 Å². The number of halogens is 1. The van der Waals surface area contributed by atoms with Crippen LogP contribution in [0.2, 0.25) is 4.34 Å². The minimum atomic E-state index is 0.295. The van der Waals surface area contributed by atoms with Crippen LogP contribution in [0.3, 0.4) is 0 Å². The lowest BCUT2D eigenvalue weighted by Gasteiger charge is -1.97. The van der Waals surface area contributed by atoms with E-state index in [1.165, 1.54) is 11.3 Å². The molecule has 0 saturated carbocycles. The molecule has 0 bridgehead atoms. The van der Waals surface area contributed by atoms with Crippen molar-refractivity contribution in [2.24, 2.45) is 0 Å². The van der Waals surface area contributed by atoms with Gasteiger partial charge in [0.1, 0.15) is 0 Å². The number of anilines is 1. The fourth-order valence-electron chi connectivity index (χ4n) is 1.04. The Morgan fingerprint density at radius 3 is 2.60 bits per heavy atom. The first-order chi connectivity index (χ1) is 7.29. The highest BCUT2D eigenvalue weighted by Crippen LogP contribution is 2.30. The predicted molar refractivity (Wildman–Crippen MR) is 59.6 cm³/mol. The van der Waals surface area contributed by atoms with Crippen LogP contribution in [0.1, 0.15) is 0 Å². The number of nitriles is 1. The summed E-state index contributed by atoms with van der Waals surface area (Å²) >= 11 is 7.27. The average Bonchev–Trinajstić information content (AvgIpc) is 2.67. The number of hydrogen-bond acceptors (Lipinski definition) is 5. The van der Waals surface area contributed by atoms with Gasteiger partial charge in [-0.05, 0) is 12.1 Å². The van der Waals surface area contributed by atoms with Crippen molar-refractivity contribution in [1.29, 1.82) is 5.26 Å². The van der Waals surface area contributed by atoms with Gasteiger partial charge in [0.05, 0.1) is 4.34 Å². The molecule has 2 heterocycles. The molecule has 6 heteroatoms. The Bertz CT molecular complexity index is 500. The molecule has 74 valence electrons. The molecule has 0 amide bonds. The lowest BCUT2D eigenvalue weighted by Crippen LogP contribution is -1.94. The smallest absolute Gasteiger partial charge is 0.236 e. The van der Waals surface area contributed by atoms with Crippen LogP contribution >= 0.6 is 22.9 Å². The molecule has 4 nitrogen and oxygen atoms in total. The fraction of sp³-hybridized carbons (Fsp3) is 0. The maximum Gasteiger partial charge on any atom is 0.236 e. The summed E-state index contributed by atoms with van der Waals surface area (Å²) in [7, 11) is 0. The average molecular weight is 237 g/mol. The first-order valence-electron chi connectivity index (χ1n) is 4.02. The highest BCUT2D eigenvalue weighted by molar-refractivity contribution is 7.19. The molecule has 0 spiro atoms. The lowest BCUT2D eigenvalue weighted by atomic mass is 10.3. The maximum atomic E-state index is 8.35. The van der Waals surface area contributed by atoms with Crippen molar-refractivity contribution in [1.82, 2.24) is 9.97 Å². The quantitative estimate of drug-likeness (QED) is 0.643. The molecule has 0 radical (unpaired) electrons. The monoisotopic (exact) mass is 236 g/mol. The molecule has 0 saturated heterocycles. The molecule has 0 aliphatic heterocycles. The summed E-state index contributed by atoms with van der Waals surface area (Å²) in [4.78, 5) is 8.95. The van der Waals surface area contributed by atoms with Crippen molar-refractivity contribution < 1.29 is 0 Å². The first-order valence-corrected chi connectivity index (χ1v) is 5.22. The van der Waals surface area contributed by atoms with Gasteiger partial charge >= 0.3 is 0 Å². The molecule has 2 aromatic heterocycles. The van der Waals surface area contributed by atoms with Crippen molar-refractivity contribution >= 4 is 28.9 Å². The molecule has 2 aromatic rings. The molecule has 0 atom stereocenters. The van der Waals surface area contributed by atoms with Gasteiger partial charge in [-0.25, -0.2) is 9.97 Å². The Labute approximate surface area is 95.2 Å². The van der Waals surface area contributed by atoms with E-state index in [2.05, 4.69) is 15.3 Å². The van der Waals surface area contributed by atoms with Crippen LogP contribution in [0, 0.1) is 11.5 Å². The van der Waals surface area contributed by atoms with Gasteiger partial charge in [-0.3, -0.25) is 5.32 Å². The standard InChI is InChI=1S/C9H5ClN4S/c10-8-2-1-7(15-8)6-3-12-9(13-4-6)14-5-11/h1-4H,(H,12,13,14). The predicted octanol–water partition coefficient (Wildman–Crippen LogP) is 2.75. The number of thiophene rings is 1. The van der Waals surface area contributed by atoms with Gasteiger partial charge in [0.2, 0.25) is 5.95 Å². The normalized spacial score (nSPS) is 9.60. The summed E-state index contributed by atoms with van der Waals surface area (Å²) in [5.74, 6) is 0.295. The topological polar surface area (TPSA) is 61.6 Å². The molecule has 2 rings (SSSR count). The zero-order valence-electron chi connectivity index (χ0n) is 7.44. The van der Waals surface area contributed by atoms with Gasteiger partial charge in [0.25, 0.3) is 0 Å². The second kappa shape index (κ2) is 4.26. The zero-order chi connectivity index (χ0) is 10.7. The Morgan fingerprint density at radius 1 is 1.33 bits per heavy atom. The molecule has 0 fully saturated rings. The van der Waals surface area contributed by atoms with E-state index in [9.17, 15) is 0 Å². The summed E-state index contributed by atoms with van der Waals surface area (Å²) < 4.78 is 0.726. The summed E-state index contributed by atoms with van der Waals surface area (Å²) in [6.45, 7) is 0. The van der Waals surface area contributed by atoms with E-state index in [0.717, 1.165) is 14.8 Å². The second-order valence-electron chi connectivity index (χ2n) is 2.64. The summed E-state index contributed by atoms with van der Waals surface area (Å²) in [5.41, 5.74) is 0.885. The van der Waals surface area contributed by atoms with Crippen molar-refractivity contribution in [3.63, 3.8) is 0 Å². The lowest BCUT2D eigenvalue weighted by molar-refractivity contribution is 1.17. The first kappa shape index (κ1) is 9.90. The van der Waals surface area contributed by atoms with Gasteiger partial charge in [-0.1, -0.05) is 11.6 Å². The fourth-order valence-corrected chi connectivity index (χ4v) is 2.06. The van der Waals surface area contributed by atoms with Gasteiger partial charge in [-0.2, -0.15) is 5.26 Å². The minimum absolute atomic E-state index is 0.295. The molecule has 0 aromatic carbocycles. The molecule has 15 heavy (non-hydrogen) atoms. The van der Waals surface area contributed by atoms with E-state index < -0.39 is 0 Å². The van der Waals surface area contributed by atoms with Crippen LogP contribution in [-0.2, 0) is 0 Å². The van der Waals surface area contributed by atoms with E-state index in [1.807, 2.05) is 12.1 Å². The second-order valence-corrected chi connectivity index (χ2v) is 4.35. The largest absolute Gasteiger partial charge is 0.261 e. The third-order valence-corrected chi connectivity index (χ3v) is 2.96. The van der Waals surface area contributed by atoms with E-state index >= 15 is 0 Å². The van der Waals surface area contributed by atoms with Crippen LogP contribution < -0.4 is 5.32 Å². The zero-order valence-corrected chi connectivity index (χ0v) is 9.01. The summed E-state index contributed by atoms with van der Waals surface area (Å²) in [6.07, 6.45) is 5.05. The number of nitrogens with zero attached hydrogens (tertiary/aromatic N) is 3. The Hall–Kier alpha value is -1.64. The van der Waals surface area contributed by atoms with Crippen molar-refractivity contribution in [2.75, 3.05) is 5.32 Å². The highest BCUT2D eigenvalue weighted by atomic mass is 35.5. The molecular formula is C9H5ClN4S. The Morgan fingerprint density at radius 2 is 2.07 bits per heavy atom. The van der Waals surface area contributed by atoms with Gasteiger partial charge < -0.3 is 0 Å². The van der Waals surface area contributed by atoms with Crippen LogP contribution in [0.5, 0.6) is 0 Å². The maximum absolute atomic E-state index is 8.35. The van der Waals surface area contributed by atoms with Crippen molar-refractivity contribution in [3.05, 3.63) is 28.9 Å². The van der Waals surface area contributed by atoms with Crippen molar-refractivity contribution in [3.8, 4) is 16.6 Å². The van der Waals surface area contributed by atoms with Crippen LogP contribution in [-0.4, -0.2) is 9.97 Å². The van der Waals surface area contributed by atoms with Crippen LogP contribution in [0.15, 0.2) is 24.5 Å². The number of aromatic nitrogens is 2. The van der Waals surface area contributed by atoms with Crippen LogP contribution in [0.4, 0.5) is 5.95 Å². The minimum Gasteiger partial charge on any atom is -0.261 e. The third-order valence-electron chi connectivity index (χ3n) is 1.68. The van der Waals surface area contributed by atoms with Gasteiger partial charge in [-0.15, -0.1) is 11.3 Å². The van der Waals surface area contributed by atoms with E-state index in [4.69, 9.17) is 16.9 Å². The van der Waals surface area contributed by atoms with E-state index in [-0.39, 0.29) is 0 Å². The van der Waals surface area contributed by atoms with E-state index in [1.54, 1.807) is 18.6 Å². The Kier molecular flexibility index (Phi) is 2.81. The molecule has 1 N–H and O–H groups in total. The summed E-state index contributed by atoms with van der Waals surface area (Å²) in [6, 6.07) is 3.73. The molecular weight excluding hydrogens is 232 g/mol. The molecule has 0 aliphatic carbocycles. The summed E-state index contributed by atoms with van der Waals surface area (Å²) in [5, 5.41) is 10.7. The highest BCUT2D eigenvalue weighted by Gasteiger charge is 2.02. The third kappa shape index (κ3) is 2.24. The van der Waals surface area contributed by atoms with Crippen LogP contribution in [0.25, 0.3) is 10.4 Å². The Balaban J connectivity index is 2.28. The number of rotatable bonds is 2. The molecule has 0 unspecified atom stereocenters. The van der Waals surface area contributed by atoms with Crippen molar-refractivity contribution in [2.45, 2.75) is 0 Å². The van der Waals surface area contributed by atoms with E-state index in [0.29, 0.717) is 5.95 Å². The molecule has 0 aliphatic rings. The number of hydrogen-bond donors (Lipinski definition) is 1. The SMILES string of the molecule is N#CNc1ncc(-c2ccc(Cl)s2)cn1. The van der Waals surface area contributed by atoms with Gasteiger partial charge in [0, 0.05) is 22.8 Å².